The molecule has 0 aliphatic carbocycles. The lowest BCUT2D eigenvalue weighted by atomic mass is 10.2. The Morgan fingerprint density at radius 1 is 1.14 bits per heavy atom. The second-order valence-electron chi connectivity index (χ2n) is 4.43. The minimum Gasteiger partial charge on any atom is -0.504 e. The van der Waals surface area contributed by atoms with Crippen LogP contribution >= 0.6 is 11.6 Å². The lowest BCUT2D eigenvalue weighted by Crippen LogP contribution is -2.20. The van der Waals surface area contributed by atoms with E-state index in [4.69, 9.17) is 11.6 Å². The van der Waals surface area contributed by atoms with Crippen molar-refractivity contribution in [3.05, 3.63) is 64.7 Å². The van der Waals surface area contributed by atoms with E-state index in [1.807, 2.05) is 12.1 Å². The van der Waals surface area contributed by atoms with E-state index in [0.717, 1.165) is 5.56 Å². The molecule has 0 saturated heterocycles. The summed E-state index contributed by atoms with van der Waals surface area (Å²) in [6, 6.07) is 11.6. The number of aromatic hydroxyl groups is 2. The number of halogens is 1. The van der Waals surface area contributed by atoms with Crippen LogP contribution < -0.4 is 5.32 Å². The zero-order chi connectivity index (χ0) is 15.2. The molecule has 1 amide bonds. The van der Waals surface area contributed by atoms with Crippen LogP contribution in [-0.4, -0.2) is 16.1 Å². The van der Waals surface area contributed by atoms with Crippen molar-refractivity contribution in [3.63, 3.8) is 0 Å². The van der Waals surface area contributed by atoms with Crippen LogP contribution in [0.4, 0.5) is 0 Å². The summed E-state index contributed by atoms with van der Waals surface area (Å²) in [6.07, 6.45) is 2.91. The van der Waals surface area contributed by atoms with Gasteiger partial charge in [-0.2, -0.15) is 0 Å². The van der Waals surface area contributed by atoms with E-state index >= 15 is 0 Å². The van der Waals surface area contributed by atoms with Gasteiger partial charge in [-0.3, -0.25) is 4.79 Å². The third-order valence-electron chi connectivity index (χ3n) is 2.78. The van der Waals surface area contributed by atoms with Crippen molar-refractivity contribution < 1.29 is 15.0 Å². The van der Waals surface area contributed by atoms with E-state index in [2.05, 4.69) is 5.32 Å². The third kappa shape index (κ3) is 4.54. The number of benzene rings is 2. The number of nitrogens with one attached hydrogen (secondary N) is 1. The fourth-order valence-corrected chi connectivity index (χ4v) is 1.92. The Morgan fingerprint density at radius 3 is 2.67 bits per heavy atom. The minimum absolute atomic E-state index is 0.197. The number of hydrogen-bond acceptors (Lipinski definition) is 3. The second kappa shape index (κ2) is 6.81. The minimum atomic E-state index is -0.262. The fraction of sp³-hybridized carbons (Fsp3) is 0.0625. The standard InChI is InChI=1S/C16H14ClNO3/c17-13-3-1-2-12(8-13)10-18-16(21)7-5-11-4-6-14(19)15(20)9-11/h1-9,19-20H,10H2,(H,18,21)/b7-5+. The van der Waals surface area contributed by atoms with Gasteiger partial charge in [0.25, 0.3) is 0 Å². The molecular formula is C16H14ClNO3. The zero-order valence-electron chi connectivity index (χ0n) is 11.1. The molecule has 0 aromatic heterocycles. The number of rotatable bonds is 4. The molecule has 2 rings (SSSR count). The molecule has 5 heteroatoms. The van der Waals surface area contributed by atoms with Crippen molar-refractivity contribution in [1.29, 1.82) is 0 Å². The van der Waals surface area contributed by atoms with Gasteiger partial charge >= 0.3 is 0 Å². The van der Waals surface area contributed by atoms with Crippen LogP contribution in [0.15, 0.2) is 48.5 Å². The molecule has 2 aromatic carbocycles. The molecule has 4 nitrogen and oxygen atoms in total. The first-order valence-electron chi connectivity index (χ1n) is 6.27. The summed E-state index contributed by atoms with van der Waals surface area (Å²) >= 11 is 5.86. The van der Waals surface area contributed by atoms with Gasteiger partial charge in [-0.15, -0.1) is 0 Å². The highest BCUT2D eigenvalue weighted by Crippen LogP contribution is 2.25. The monoisotopic (exact) mass is 303 g/mol. The van der Waals surface area contributed by atoms with E-state index in [1.165, 1.54) is 18.2 Å². The Hall–Kier alpha value is -2.46. The van der Waals surface area contributed by atoms with Gasteiger partial charge in [0.15, 0.2) is 11.5 Å². The van der Waals surface area contributed by atoms with Crippen molar-refractivity contribution in [2.75, 3.05) is 0 Å². The smallest absolute Gasteiger partial charge is 0.244 e. The summed E-state index contributed by atoms with van der Waals surface area (Å²) < 4.78 is 0. The van der Waals surface area contributed by atoms with Gasteiger partial charge in [-0.05, 0) is 41.5 Å². The lowest BCUT2D eigenvalue weighted by molar-refractivity contribution is -0.116. The van der Waals surface area contributed by atoms with Gasteiger partial charge in [0.1, 0.15) is 0 Å². The molecule has 0 radical (unpaired) electrons. The van der Waals surface area contributed by atoms with Crippen LogP contribution in [0, 0.1) is 0 Å². The van der Waals surface area contributed by atoms with E-state index in [0.29, 0.717) is 17.1 Å². The Balaban J connectivity index is 1.92. The fourth-order valence-electron chi connectivity index (χ4n) is 1.71. The number of phenols is 2. The highest BCUT2D eigenvalue weighted by molar-refractivity contribution is 6.30. The summed E-state index contributed by atoms with van der Waals surface area (Å²) in [7, 11) is 0. The first-order chi connectivity index (χ1) is 10.0. The summed E-state index contributed by atoms with van der Waals surface area (Å²) in [5.41, 5.74) is 1.52. The Morgan fingerprint density at radius 2 is 1.95 bits per heavy atom. The SMILES string of the molecule is O=C(/C=C/c1ccc(O)c(O)c1)NCc1cccc(Cl)c1. The van der Waals surface area contributed by atoms with Crippen LogP contribution in [0.5, 0.6) is 11.5 Å². The van der Waals surface area contributed by atoms with Gasteiger partial charge < -0.3 is 15.5 Å². The first-order valence-corrected chi connectivity index (χ1v) is 6.65. The predicted octanol–water partition coefficient (Wildman–Crippen LogP) is 3.08. The third-order valence-corrected chi connectivity index (χ3v) is 3.02. The second-order valence-corrected chi connectivity index (χ2v) is 4.87. The number of hydrogen-bond donors (Lipinski definition) is 3. The van der Waals surface area contributed by atoms with Crippen molar-refractivity contribution in [3.8, 4) is 11.5 Å². The highest BCUT2D eigenvalue weighted by Gasteiger charge is 2.00. The number of carbonyl (C=O) groups is 1. The Kier molecular flexibility index (Phi) is 4.85. The summed E-state index contributed by atoms with van der Waals surface area (Å²) in [5.74, 6) is -0.684. The summed E-state index contributed by atoms with van der Waals surface area (Å²) in [5, 5.41) is 21.9. The van der Waals surface area contributed by atoms with Gasteiger partial charge in [0.05, 0.1) is 0 Å². The van der Waals surface area contributed by atoms with Crippen molar-refractivity contribution in [1.82, 2.24) is 5.32 Å². The van der Waals surface area contributed by atoms with Gasteiger partial charge in [0, 0.05) is 17.6 Å². The van der Waals surface area contributed by atoms with E-state index in [9.17, 15) is 15.0 Å². The number of amides is 1. The maximum absolute atomic E-state index is 11.7. The number of phenolic OH excluding ortho intramolecular Hbond substituents is 2. The molecular weight excluding hydrogens is 290 g/mol. The Bertz CT molecular complexity index is 683. The quantitative estimate of drug-likeness (QED) is 0.600. The molecule has 2 aromatic rings. The maximum atomic E-state index is 11.7. The molecule has 0 aliphatic heterocycles. The predicted molar refractivity (Wildman–Crippen MR) is 82.1 cm³/mol. The largest absolute Gasteiger partial charge is 0.504 e. The normalized spacial score (nSPS) is 10.7. The molecule has 0 saturated carbocycles. The Labute approximate surface area is 127 Å². The van der Waals surface area contributed by atoms with Gasteiger partial charge in [-0.25, -0.2) is 0 Å². The van der Waals surface area contributed by atoms with Gasteiger partial charge in [0.2, 0.25) is 5.91 Å². The molecule has 0 unspecified atom stereocenters. The molecule has 108 valence electrons. The topological polar surface area (TPSA) is 69.6 Å². The van der Waals surface area contributed by atoms with Crippen LogP contribution in [0.25, 0.3) is 6.08 Å². The molecule has 21 heavy (non-hydrogen) atoms. The molecule has 0 heterocycles. The molecule has 0 fully saturated rings. The first kappa shape index (κ1) is 14.9. The van der Waals surface area contributed by atoms with Gasteiger partial charge in [-0.1, -0.05) is 29.8 Å². The zero-order valence-corrected chi connectivity index (χ0v) is 11.8. The van der Waals surface area contributed by atoms with E-state index in [1.54, 1.807) is 24.3 Å². The van der Waals surface area contributed by atoms with E-state index in [-0.39, 0.29) is 17.4 Å². The molecule has 0 spiro atoms. The lowest BCUT2D eigenvalue weighted by Gasteiger charge is -2.03. The maximum Gasteiger partial charge on any atom is 0.244 e. The average Bonchev–Trinajstić information content (AvgIpc) is 2.46. The van der Waals surface area contributed by atoms with E-state index < -0.39 is 0 Å². The van der Waals surface area contributed by atoms with Crippen LogP contribution in [-0.2, 0) is 11.3 Å². The average molecular weight is 304 g/mol. The van der Waals surface area contributed by atoms with Crippen LogP contribution in [0.2, 0.25) is 5.02 Å². The van der Waals surface area contributed by atoms with Crippen molar-refractivity contribution in [2.24, 2.45) is 0 Å². The number of carbonyl (C=O) groups excluding carboxylic acids is 1. The molecule has 3 N–H and O–H groups in total. The van der Waals surface area contributed by atoms with Crippen LogP contribution in [0.3, 0.4) is 0 Å². The highest BCUT2D eigenvalue weighted by atomic mass is 35.5. The van der Waals surface area contributed by atoms with Crippen molar-refractivity contribution >= 4 is 23.6 Å². The molecule has 0 bridgehead atoms. The summed E-state index contributed by atoms with van der Waals surface area (Å²) in [4.78, 5) is 11.7. The molecule has 0 atom stereocenters. The van der Waals surface area contributed by atoms with Crippen LogP contribution in [0.1, 0.15) is 11.1 Å². The van der Waals surface area contributed by atoms with Crippen molar-refractivity contribution in [2.45, 2.75) is 6.54 Å². The summed E-state index contributed by atoms with van der Waals surface area (Å²) in [6.45, 7) is 0.380. The molecule has 0 aliphatic rings.